The van der Waals surface area contributed by atoms with Crippen LogP contribution in [-0.4, -0.2) is 42.5 Å². The number of amides is 1. The number of thiocarbonyl (C=S) groups is 1. The Hall–Kier alpha value is -3.50. The molecule has 0 aliphatic carbocycles. The first-order valence-corrected chi connectivity index (χ1v) is 12.4. The second-order valence-electron chi connectivity index (χ2n) is 7.89. The van der Waals surface area contributed by atoms with Crippen LogP contribution in [0.2, 0.25) is 0 Å². The van der Waals surface area contributed by atoms with Gasteiger partial charge >= 0.3 is 5.69 Å². The van der Waals surface area contributed by atoms with Gasteiger partial charge in [-0.05, 0) is 50.6 Å². The molecule has 180 valence electrons. The number of hydrogen-bond acceptors (Lipinski definition) is 7. The Morgan fingerprint density at radius 2 is 1.97 bits per heavy atom. The lowest BCUT2D eigenvalue weighted by molar-refractivity contribution is -0.385. The zero-order valence-corrected chi connectivity index (χ0v) is 21.1. The van der Waals surface area contributed by atoms with Crippen molar-refractivity contribution in [3.05, 3.63) is 75.3 Å². The Balaban J connectivity index is 1.84. The summed E-state index contributed by atoms with van der Waals surface area (Å²) in [6.07, 6.45) is 4.35. The molecule has 0 N–H and O–H groups in total. The smallest absolute Gasteiger partial charge is 0.311 e. The summed E-state index contributed by atoms with van der Waals surface area (Å²) in [6.45, 7) is 6.05. The van der Waals surface area contributed by atoms with E-state index in [2.05, 4.69) is 0 Å². The van der Waals surface area contributed by atoms with Gasteiger partial charge in [-0.1, -0.05) is 49.1 Å². The number of nitrogens with zero attached hydrogens (tertiary/aromatic N) is 4. The van der Waals surface area contributed by atoms with E-state index in [1.54, 1.807) is 34.7 Å². The van der Waals surface area contributed by atoms with Crippen LogP contribution in [0, 0.1) is 10.1 Å². The van der Waals surface area contributed by atoms with Gasteiger partial charge in [-0.15, -0.1) is 0 Å². The van der Waals surface area contributed by atoms with E-state index in [-0.39, 0.29) is 23.4 Å². The number of benzene rings is 2. The van der Waals surface area contributed by atoms with E-state index in [9.17, 15) is 14.9 Å². The summed E-state index contributed by atoms with van der Waals surface area (Å²) in [7, 11) is 0. The third-order valence-electron chi connectivity index (χ3n) is 5.63. The number of nitro benzene ring substituents is 1. The first-order chi connectivity index (χ1) is 16.8. The van der Waals surface area contributed by atoms with Gasteiger partial charge < -0.3 is 4.74 Å². The topological polar surface area (TPSA) is 90.5 Å². The van der Waals surface area contributed by atoms with Crippen molar-refractivity contribution in [2.75, 3.05) is 6.61 Å². The molecule has 10 heteroatoms. The van der Waals surface area contributed by atoms with Crippen LogP contribution in [0.25, 0.3) is 23.0 Å². The Bertz CT molecular complexity index is 1320. The number of aromatic nitrogens is 2. The number of para-hydroxylation sites is 1. The number of rotatable bonds is 8. The summed E-state index contributed by atoms with van der Waals surface area (Å²) in [5.74, 6) is 0.0464. The van der Waals surface area contributed by atoms with Crippen molar-refractivity contribution in [1.29, 1.82) is 0 Å². The quantitative estimate of drug-likeness (QED) is 0.163. The first kappa shape index (κ1) is 24.6. The molecular formula is C25H24N4O4S2. The van der Waals surface area contributed by atoms with Gasteiger partial charge in [0, 0.05) is 29.4 Å². The van der Waals surface area contributed by atoms with Crippen molar-refractivity contribution in [3.63, 3.8) is 0 Å². The third-order valence-corrected chi connectivity index (χ3v) is 6.96. The van der Waals surface area contributed by atoms with E-state index < -0.39 is 4.92 Å². The lowest BCUT2D eigenvalue weighted by Gasteiger charge is -2.21. The van der Waals surface area contributed by atoms with E-state index in [1.807, 2.05) is 50.4 Å². The Kier molecular flexibility index (Phi) is 7.32. The maximum atomic E-state index is 13.1. The predicted octanol–water partition coefficient (Wildman–Crippen LogP) is 5.85. The number of carbonyl (C=O) groups is 1. The van der Waals surface area contributed by atoms with Gasteiger partial charge in [0.1, 0.15) is 10.0 Å². The van der Waals surface area contributed by atoms with Crippen LogP contribution >= 0.6 is 24.0 Å². The fourth-order valence-corrected chi connectivity index (χ4v) is 5.15. The van der Waals surface area contributed by atoms with Gasteiger partial charge in [-0.3, -0.25) is 19.8 Å². The highest BCUT2D eigenvalue weighted by atomic mass is 32.2. The van der Waals surface area contributed by atoms with Crippen LogP contribution < -0.4 is 4.74 Å². The summed E-state index contributed by atoms with van der Waals surface area (Å²) in [4.78, 5) is 26.5. The Morgan fingerprint density at radius 3 is 2.63 bits per heavy atom. The normalized spacial score (nSPS) is 15.6. The minimum absolute atomic E-state index is 0.00586. The standard InChI is InChI=1S/C25H24N4O4S2/c1-4-16(3)28-24(30)22(35-25(28)34)14-18-15-27(19-9-7-6-8-10-19)26-23(18)17-11-12-21(33-5-2)20(13-17)29(31)32/h6-16H,4-5H2,1-3H3/b22-14-. The number of nitro groups is 1. The third kappa shape index (κ3) is 4.98. The first-order valence-electron chi connectivity index (χ1n) is 11.2. The SMILES string of the molecule is CCOc1ccc(-c2nn(-c3ccccc3)cc2/C=C2\SC(=S)N(C(C)CC)C2=O)cc1[N+](=O)[O-]. The van der Waals surface area contributed by atoms with Gasteiger partial charge in [0.2, 0.25) is 0 Å². The van der Waals surface area contributed by atoms with Crippen molar-refractivity contribution < 1.29 is 14.5 Å². The fourth-order valence-electron chi connectivity index (χ4n) is 3.70. The van der Waals surface area contributed by atoms with Crippen LogP contribution in [0.15, 0.2) is 59.6 Å². The monoisotopic (exact) mass is 508 g/mol. The van der Waals surface area contributed by atoms with Crippen molar-refractivity contribution in [3.8, 4) is 22.7 Å². The van der Waals surface area contributed by atoms with Crippen molar-refractivity contribution in [1.82, 2.24) is 14.7 Å². The number of hydrogen-bond donors (Lipinski definition) is 0. The van der Waals surface area contributed by atoms with Crippen LogP contribution in [0.3, 0.4) is 0 Å². The number of thioether (sulfide) groups is 1. The van der Waals surface area contributed by atoms with E-state index in [0.717, 1.165) is 12.1 Å². The lowest BCUT2D eigenvalue weighted by Crippen LogP contribution is -2.36. The molecule has 1 fully saturated rings. The molecule has 1 aliphatic heterocycles. The second kappa shape index (κ2) is 10.4. The summed E-state index contributed by atoms with van der Waals surface area (Å²) in [5, 5.41) is 16.4. The summed E-state index contributed by atoms with van der Waals surface area (Å²) in [6, 6.07) is 14.3. The highest BCUT2D eigenvalue weighted by molar-refractivity contribution is 8.26. The molecule has 0 radical (unpaired) electrons. The van der Waals surface area contributed by atoms with Gasteiger partial charge in [-0.2, -0.15) is 5.10 Å². The summed E-state index contributed by atoms with van der Waals surface area (Å²) in [5.41, 5.74) is 2.37. The van der Waals surface area contributed by atoms with Crippen molar-refractivity contribution >= 4 is 46.0 Å². The molecule has 8 nitrogen and oxygen atoms in total. The van der Waals surface area contributed by atoms with Gasteiger partial charge in [-0.25, -0.2) is 4.68 Å². The molecule has 1 unspecified atom stereocenters. The van der Waals surface area contributed by atoms with Crippen LogP contribution in [0.5, 0.6) is 5.75 Å². The molecule has 0 saturated carbocycles. The molecule has 3 aromatic rings. The number of carbonyl (C=O) groups excluding carboxylic acids is 1. The molecule has 1 aliphatic rings. The predicted molar refractivity (Wildman–Crippen MR) is 142 cm³/mol. The molecule has 1 saturated heterocycles. The molecule has 35 heavy (non-hydrogen) atoms. The molecule has 2 aromatic carbocycles. The Morgan fingerprint density at radius 1 is 1.23 bits per heavy atom. The zero-order chi connectivity index (χ0) is 25.1. The maximum Gasteiger partial charge on any atom is 0.311 e. The van der Waals surface area contributed by atoms with Crippen LogP contribution in [-0.2, 0) is 4.79 Å². The largest absolute Gasteiger partial charge is 0.487 e. The molecule has 1 amide bonds. The average Bonchev–Trinajstić information content (AvgIpc) is 3.40. The second-order valence-corrected chi connectivity index (χ2v) is 9.57. The van der Waals surface area contributed by atoms with Crippen LogP contribution in [0.4, 0.5) is 5.69 Å². The van der Waals surface area contributed by atoms with E-state index in [4.69, 9.17) is 22.1 Å². The highest BCUT2D eigenvalue weighted by Crippen LogP contribution is 2.38. The van der Waals surface area contributed by atoms with Crippen LogP contribution in [0.1, 0.15) is 32.8 Å². The van der Waals surface area contributed by atoms with E-state index >= 15 is 0 Å². The molecule has 0 bridgehead atoms. The minimum Gasteiger partial charge on any atom is -0.487 e. The maximum absolute atomic E-state index is 13.1. The van der Waals surface area contributed by atoms with Crippen molar-refractivity contribution in [2.24, 2.45) is 0 Å². The van der Waals surface area contributed by atoms with Crippen molar-refractivity contribution in [2.45, 2.75) is 33.2 Å². The fraction of sp³-hybridized carbons (Fsp3) is 0.240. The molecule has 1 aromatic heterocycles. The van der Waals surface area contributed by atoms with Gasteiger partial charge in [0.25, 0.3) is 5.91 Å². The Labute approximate surface area is 212 Å². The molecule has 4 rings (SSSR count). The molecule has 1 atom stereocenters. The van der Waals surface area contributed by atoms with Gasteiger partial charge in [0.05, 0.1) is 22.1 Å². The summed E-state index contributed by atoms with van der Waals surface area (Å²) < 4.78 is 7.64. The average molecular weight is 509 g/mol. The molecule has 2 heterocycles. The molecule has 0 spiro atoms. The van der Waals surface area contributed by atoms with E-state index in [0.29, 0.717) is 32.7 Å². The number of ether oxygens (including phenoxy) is 1. The molecular weight excluding hydrogens is 484 g/mol. The minimum atomic E-state index is -0.473. The van der Waals surface area contributed by atoms with E-state index in [1.165, 1.54) is 17.8 Å². The zero-order valence-electron chi connectivity index (χ0n) is 19.5. The highest BCUT2D eigenvalue weighted by Gasteiger charge is 2.35. The van der Waals surface area contributed by atoms with Gasteiger partial charge in [0.15, 0.2) is 5.75 Å². The summed E-state index contributed by atoms with van der Waals surface area (Å²) >= 11 is 6.71. The lowest BCUT2D eigenvalue weighted by atomic mass is 10.1.